The molecule has 0 radical (unpaired) electrons. The maximum absolute atomic E-state index is 12.3. The number of methoxy groups -OCH3 is 1. The highest BCUT2D eigenvalue weighted by Crippen LogP contribution is 2.19. The van der Waals surface area contributed by atoms with Crippen molar-refractivity contribution in [3.8, 4) is 0 Å². The van der Waals surface area contributed by atoms with Crippen molar-refractivity contribution in [1.82, 2.24) is 10.2 Å². The van der Waals surface area contributed by atoms with Crippen molar-refractivity contribution in [2.45, 2.75) is 78.2 Å². The number of imide groups is 1. The second-order valence-corrected chi connectivity index (χ2v) is 8.63. The van der Waals surface area contributed by atoms with Crippen LogP contribution in [0.3, 0.4) is 0 Å². The third-order valence-corrected chi connectivity index (χ3v) is 5.88. The highest BCUT2D eigenvalue weighted by molar-refractivity contribution is 6.25. The molecule has 1 rings (SSSR count). The fourth-order valence-corrected chi connectivity index (χ4v) is 3.66. The van der Waals surface area contributed by atoms with Crippen LogP contribution in [0.5, 0.6) is 0 Å². The molecule has 2 atom stereocenters. The number of amides is 3. The molecule has 0 unspecified atom stereocenters. The van der Waals surface area contributed by atoms with E-state index in [1.807, 2.05) is 0 Å². The molecule has 7 heteroatoms. The molecular formula is C26H39ClN2O4. The topological polar surface area (TPSA) is 75.7 Å². The van der Waals surface area contributed by atoms with Crippen molar-refractivity contribution in [3.63, 3.8) is 0 Å². The first-order valence-corrected chi connectivity index (χ1v) is 12.3. The predicted octanol–water partition coefficient (Wildman–Crippen LogP) is 5.40. The van der Waals surface area contributed by atoms with Crippen LogP contribution in [0.15, 0.2) is 47.2 Å². The minimum absolute atomic E-state index is 0.0476. The van der Waals surface area contributed by atoms with Crippen LogP contribution in [0.2, 0.25) is 0 Å². The third-order valence-electron chi connectivity index (χ3n) is 5.57. The summed E-state index contributed by atoms with van der Waals surface area (Å²) in [6.07, 6.45) is 15.5. The van der Waals surface area contributed by atoms with Crippen LogP contribution in [0.1, 0.15) is 72.1 Å². The van der Waals surface area contributed by atoms with E-state index in [-0.39, 0.29) is 17.9 Å². The van der Waals surface area contributed by atoms with Crippen LogP contribution < -0.4 is 5.32 Å². The summed E-state index contributed by atoms with van der Waals surface area (Å²) in [5.41, 5.74) is 3.03. The van der Waals surface area contributed by atoms with E-state index in [0.717, 1.165) is 19.3 Å². The number of carbonyl (C=O) groups excluding carboxylic acids is 3. The Balaban J connectivity index is 2.29. The Kier molecular flexibility index (Phi) is 14.2. The molecule has 1 aliphatic heterocycles. The van der Waals surface area contributed by atoms with E-state index in [0.29, 0.717) is 37.5 Å². The van der Waals surface area contributed by atoms with Gasteiger partial charge in [-0.3, -0.25) is 19.3 Å². The highest BCUT2D eigenvalue weighted by Gasteiger charge is 2.27. The molecule has 33 heavy (non-hydrogen) atoms. The molecule has 1 heterocycles. The van der Waals surface area contributed by atoms with Crippen LogP contribution in [-0.4, -0.2) is 42.3 Å². The lowest BCUT2D eigenvalue weighted by Crippen LogP contribution is -2.37. The number of ether oxygens (including phenoxy) is 1. The number of carbonyl (C=O) groups is 3. The molecule has 0 saturated heterocycles. The first-order valence-electron chi connectivity index (χ1n) is 11.8. The molecule has 0 spiro atoms. The summed E-state index contributed by atoms with van der Waals surface area (Å²) in [5.74, 6) is 0.0636. The molecule has 0 fully saturated rings. The minimum Gasteiger partial charge on any atom is -0.501 e. The Hall–Kier alpha value is -2.34. The van der Waals surface area contributed by atoms with E-state index in [1.165, 1.54) is 42.6 Å². The van der Waals surface area contributed by atoms with Crippen LogP contribution in [0.4, 0.5) is 0 Å². The van der Waals surface area contributed by atoms with Crippen molar-refractivity contribution in [2.24, 2.45) is 5.92 Å². The third kappa shape index (κ3) is 11.4. The number of hydrogen-bond acceptors (Lipinski definition) is 4. The van der Waals surface area contributed by atoms with Gasteiger partial charge in [0.05, 0.1) is 13.2 Å². The van der Waals surface area contributed by atoms with Crippen molar-refractivity contribution in [1.29, 1.82) is 0 Å². The van der Waals surface area contributed by atoms with E-state index < -0.39 is 5.91 Å². The van der Waals surface area contributed by atoms with Gasteiger partial charge in [0.1, 0.15) is 5.76 Å². The van der Waals surface area contributed by atoms with Crippen molar-refractivity contribution >= 4 is 29.3 Å². The highest BCUT2D eigenvalue weighted by atomic mass is 35.5. The van der Waals surface area contributed by atoms with Gasteiger partial charge in [-0.15, -0.1) is 0 Å². The van der Waals surface area contributed by atoms with Crippen LogP contribution in [-0.2, 0) is 19.1 Å². The molecule has 0 bridgehead atoms. The summed E-state index contributed by atoms with van der Waals surface area (Å²) in [5, 5.41) is 2.84. The lowest BCUT2D eigenvalue weighted by atomic mass is 9.98. The Morgan fingerprint density at radius 1 is 1.27 bits per heavy atom. The SMILES string of the molecule is CCCC/C(=C\Cl)CC[C@H](C)/C=C/CCC(=O)NCC/C(=C\C(=O)N1C(=O)C=C[C@@H]1C)OC. The predicted molar refractivity (Wildman–Crippen MR) is 133 cm³/mol. The van der Waals surface area contributed by atoms with Gasteiger partial charge in [-0.25, -0.2) is 0 Å². The fraction of sp³-hybridized carbons (Fsp3) is 0.577. The molecule has 1 N–H and O–H groups in total. The van der Waals surface area contributed by atoms with Crippen molar-refractivity contribution < 1.29 is 19.1 Å². The van der Waals surface area contributed by atoms with E-state index in [9.17, 15) is 14.4 Å². The lowest BCUT2D eigenvalue weighted by Gasteiger charge is -2.18. The van der Waals surface area contributed by atoms with E-state index in [2.05, 4.69) is 31.3 Å². The molecule has 0 aromatic rings. The van der Waals surface area contributed by atoms with E-state index in [1.54, 1.807) is 18.5 Å². The lowest BCUT2D eigenvalue weighted by molar-refractivity contribution is -0.139. The summed E-state index contributed by atoms with van der Waals surface area (Å²) in [6.45, 7) is 6.49. The minimum atomic E-state index is -0.418. The maximum Gasteiger partial charge on any atom is 0.257 e. The molecule has 1 aliphatic rings. The summed E-state index contributed by atoms with van der Waals surface area (Å²) in [7, 11) is 1.47. The zero-order valence-electron chi connectivity index (χ0n) is 20.4. The molecule has 0 saturated carbocycles. The quantitative estimate of drug-likeness (QED) is 0.194. The monoisotopic (exact) mass is 478 g/mol. The molecule has 3 amide bonds. The number of halogens is 1. The molecule has 6 nitrogen and oxygen atoms in total. The number of unbranched alkanes of at least 4 members (excludes halogenated alkanes) is 1. The molecule has 184 valence electrons. The molecule has 0 aromatic heterocycles. The Morgan fingerprint density at radius 2 is 2.03 bits per heavy atom. The van der Waals surface area contributed by atoms with Crippen molar-refractivity contribution in [2.75, 3.05) is 13.7 Å². The van der Waals surface area contributed by atoms with Gasteiger partial charge in [0.2, 0.25) is 5.91 Å². The van der Waals surface area contributed by atoms with Gasteiger partial charge >= 0.3 is 0 Å². The number of hydrogen-bond donors (Lipinski definition) is 1. The van der Waals surface area contributed by atoms with Crippen molar-refractivity contribution in [3.05, 3.63) is 47.2 Å². The Labute approximate surface area is 203 Å². The van der Waals surface area contributed by atoms with Gasteiger partial charge in [-0.2, -0.15) is 0 Å². The number of nitrogens with one attached hydrogen (secondary N) is 1. The summed E-state index contributed by atoms with van der Waals surface area (Å²) < 4.78 is 5.23. The molecule has 0 aromatic carbocycles. The normalized spacial score (nSPS) is 17.7. The van der Waals surface area contributed by atoms with Gasteiger partial charge in [0.25, 0.3) is 11.8 Å². The average Bonchev–Trinajstić information content (AvgIpc) is 3.14. The smallest absolute Gasteiger partial charge is 0.257 e. The first-order chi connectivity index (χ1) is 15.8. The fourth-order valence-electron chi connectivity index (χ4n) is 3.44. The largest absolute Gasteiger partial charge is 0.501 e. The van der Waals surface area contributed by atoms with Gasteiger partial charge in [0.15, 0.2) is 0 Å². The maximum atomic E-state index is 12.3. The standard InChI is InChI=1S/C26H39ClN2O4/c1-5-6-10-22(19-27)14-12-20(2)9-7-8-11-24(30)28-17-16-23(33-4)18-26(32)29-21(3)13-15-25(29)31/h7,9,13,15,18-21H,5-6,8,10-12,14,16-17H2,1-4H3,(H,28,30)/b9-7+,22-19+,23-18+/t20-,21+/m1/s1. The Morgan fingerprint density at radius 3 is 2.64 bits per heavy atom. The summed E-state index contributed by atoms with van der Waals surface area (Å²) in [6, 6.07) is -0.269. The number of allylic oxidation sites excluding steroid dienone is 3. The number of rotatable bonds is 15. The van der Waals surface area contributed by atoms with Gasteiger partial charge in [-0.05, 0) is 44.9 Å². The van der Waals surface area contributed by atoms with E-state index >= 15 is 0 Å². The van der Waals surface area contributed by atoms with Crippen LogP contribution >= 0.6 is 11.6 Å². The summed E-state index contributed by atoms with van der Waals surface area (Å²) in [4.78, 5) is 37.3. The zero-order chi connectivity index (χ0) is 24.6. The second kappa shape index (κ2) is 16.3. The number of nitrogens with zero attached hydrogens (tertiary/aromatic N) is 1. The average molecular weight is 479 g/mol. The van der Waals surface area contributed by atoms with Gasteiger partial charge < -0.3 is 10.1 Å². The first kappa shape index (κ1) is 28.7. The van der Waals surface area contributed by atoms with E-state index in [4.69, 9.17) is 16.3 Å². The zero-order valence-corrected chi connectivity index (χ0v) is 21.2. The molecular weight excluding hydrogens is 440 g/mol. The van der Waals surface area contributed by atoms with Crippen LogP contribution in [0, 0.1) is 5.92 Å². The molecule has 0 aliphatic carbocycles. The van der Waals surface area contributed by atoms with Gasteiger partial charge in [0, 0.05) is 37.1 Å². The second-order valence-electron chi connectivity index (χ2n) is 8.41. The van der Waals surface area contributed by atoms with Gasteiger partial charge in [-0.1, -0.05) is 55.7 Å². The Bertz CT molecular complexity index is 770. The van der Waals surface area contributed by atoms with Crippen LogP contribution in [0.25, 0.3) is 0 Å². The summed E-state index contributed by atoms with van der Waals surface area (Å²) >= 11 is 5.91.